The Morgan fingerprint density at radius 3 is 2.54 bits per heavy atom. The molecule has 0 spiro atoms. The van der Waals surface area contributed by atoms with E-state index in [1.165, 1.54) is 18.2 Å². The van der Waals surface area contributed by atoms with Gasteiger partial charge in [-0.05, 0) is 42.3 Å². The highest BCUT2D eigenvalue weighted by atomic mass is 32.1. The standard InChI is InChI=1S/C17H18F3NO2S/c18-17(19,20)14-5-2-1-4-13(14)16(23)21-9-7-12(8-10-22)15-6-3-11-24-15/h1-6,11-12,22H,7-10H2,(H,21,23). The summed E-state index contributed by atoms with van der Waals surface area (Å²) in [5.41, 5.74) is -1.31. The Morgan fingerprint density at radius 1 is 1.17 bits per heavy atom. The molecule has 130 valence electrons. The predicted molar refractivity (Wildman–Crippen MR) is 87.2 cm³/mol. The first kappa shape index (κ1) is 18.5. The number of amides is 1. The molecule has 2 N–H and O–H groups in total. The van der Waals surface area contributed by atoms with E-state index in [1.54, 1.807) is 11.3 Å². The first-order valence-electron chi connectivity index (χ1n) is 7.52. The number of aliphatic hydroxyl groups excluding tert-OH is 1. The van der Waals surface area contributed by atoms with E-state index >= 15 is 0 Å². The van der Waals surface area contributed by atoms with Gasteiger partial charge in [0.15, 0.2) is 0 Å². The molecule has 2 aromatic rings. The van der Waals surface area contributed by atoms with Crippen molar-refractivity contribution >= 4 is 17.2 Å². The van der Waals surface area contributed by atoms with Crippen LogP contribution < -0.4 is 5.32 Å². The highest BCUT2D eigenvalue weighted by molar-refractivity contribution is 7.10. The fraction of sp³-hybridized carbons (Fsp3) is 0.353. The quantitative estimate of drug-likeness (QED) is 0.785. The van der Waals surface area contributed by atoms with E-state index in [0.717, 1.165) is 10.9 Å². The normalized spacial score (nSPS) is 12.8. The number of hydrogen-bond acceptors (Lipinski definition) is 3. The van der Waals surface area contributed by atoms with Crippen LogP contribution in [0.2, 0.25) is 0 Å². The highest BCUT2D eigenvalue weighted by Crippen LogP contribution is 2.32. The number of rotatable bonds is 7. The van der Waals surface area contributed by atoms with Crippen LogP contribution in [0.25, 0.3) is 0 Å². The van der Waals surface area contributed by atoms with Crippen molar-refractivity contribution in [3.63, 3.8) is 0 Å². The van der Waals surface area contributed by atoms with Crippen molar-refractivity contribution in [1.29, 1.82) is 0 Å². The Kier molecular flexibility index (Phi) is 6.39. The van der Waals surface area contributed by atoms with Crippen molar-refractivity contribution in [2.24, 2.45) is 0 Å². The number of aliphatic hydroxyl groups is 1. The van der Waals surface area contributed by atoms with Crippen molar-refractivity contribution in [2.45, 2.75) is 24.9 Å². The van der Waals surface area contributed by atoms with Gasteiger partial charge in [0.25, 0.3) is 5.91 Å². The number of carbonyl (C=O) groups is 1. The molecule has 1 unspecified atom stereocenters. The van der Waals surface area contributed by atoms with Gasteiger partial charge in [-0.3, -0.25) is 4.79 Å². The van der Waals surface area contributed by atoms with Gasteiger partial charge in [-0.1, -0.05) is 18.2 Å². The maximum atomic E-state index is 12.9. The van der Waals surface area contributed by atoms with Crippen LogP contribution in [0.5, 0.6) is 0 Å². The van der Waals surface area contributed by atoms with Crippen molar-refractivity contribution in [3.8, 4) is 0 Å². The SMILES string of the molecule is O=C(NCCC(CCO)c1cccs1)c1ccccc1C(F)(F)F. The number of carbonyl (C=O) groups excluding carboxylic acids is 1. The molecule has 0 radical (unpaired) electrons. The number of benzene rings is 1. The molecule has 0 fully saturated rings. The van der Waals surface area contributed by atoms with Gasteiger partial charge in [0.2, 0.25) is 0 Å². The smallest absolute Gasteiger partial charge is 0.396 e. The molecule has 0 saturated carbocycles. The summed E-state index contributed by atoms with van der Waals surface area (Å²) >= 11 is 1.56. The number of nitrogens with one attached hydrogen (secondary N) is 1. The van der Waals surface area contributed by atoms with Gasteiger partial charge in [-0.25, -0.2) is 0 Å². The molecule has 0 saturated heterocycles. The number of thiophene rings is 1. The van der Waals surface area contributed by atoms with E-state index in [0.29, 0.717) is 12.8 Å². The lowest BCUT2D eigenvalue weighted by Gasteiger charge is -2.16. The lowest BCUT2D eigenvalue weighted by Crippen LogP contribution is -2.28. The fourth-order valence-corrected chi connectivity index (χ4v) is 3.39. The molecule has 3 nitrogen and oxygen atoms in total. The lowest BCUT2D eigenvalue weighted by molar-refractivity contribution is -0.137. The zero-order valence-corrected chi connectivity index (χ0v) is 13.7. The molecule has 0 aliphatic rings. The van der Waals surface area contributed by atoms with E-state index in [4.69, 9.17) is 5.11 Å². The van der Waals surface area contributed by atoms with Gasteiger partial charge >= 0.3 is 6.18 Å². The molecule has 1 amide bonds. The minimum Gasteiger partial charge on any atom is -0.396 e. The second kappa shape index (κ2) is 8.30. The Balaban J connectivity index is 1.98. The first-order valence-corrected chi connectivity index (χ1v) is 8.40. The molecular weight excluding hydrogens is 339 g/mol. The molecule has 24 heavy (non-hydrogen) atoms. The Labute approximate surface area is 142 Å². The van der Waals surface area contributed by atoms with Gasteiger partial charge in [-0.2, -0.15) is 13.2 Å². The van der Waals surface area contributed by atoms with Gasteiger partial charge < -0.3 is 10.4 Å². The Morgan fingerprint density at radius 2 is 1.92 bits per heavy atom. The van der Waals surface area contributed by atoms with Crippen LogP contribution in [0.15, 0.2) is 41.8 Å². The average Bonchev–Trinajstić information content (AvgIpc) is 3.07. The molecular formula is C17H18F3NO2S. The van der Waals surface area contributed by atoms with Crippen LogP contribution in [0.1, 0.15) is 39.6 Å². The monoisotopic (exact) mass is 357 g/mol. The summed E-state index contributed by atoms with van der Waals surface area (Å²) in [6.07, 6.45) is -3.46. The summed E-state index contributed by atoms with van der Waals surface area (Å²) in [6.45, 7) is 0.265. The summed E-state index contributed by atoms with van der Waals surface area (Å²) in [5.74, 6) is -0.662. The number of alkyl halides is 3. The lowest BCUT2D eigenvalue weighted by atomic mass is 9.99. The molecule has 1 heterocycles. The number of hydrogen-bond donors (Lipinski definition) is 2. The van der Waals surface area contributed by atoms with Crippen LogP contribution in [0, 0.1) is 0 Å². The summed E-state index contributed by atoms with van der Waals surface area (Å²) in [7, 11) is 0. The zero-order chi connectivity index (χ0) is 17.6. The van der Waals surface area contributed by atoms with Crippen molar-refractivity contribution in [1.82, 2.24) is 5.32 Å². The first-order chi connectivity index (χ1) is 11.4. The summed E-state index contributed by atoms with van der Waals surface area (Å²) in [6, 6.07) is 8.59. The number of halogens is 3. The van der Waals surface area contributed by atoms with Crippen molar-refractivity contribution < 1.29 is 23.1 Å². The summed E-state index contributed by atoms with van der Waals surface area (Å²) in [4.78, 5) is 13.2. The van der Waals surface area contributed by atoms with E-state index in [-0.39, 0.29) is 24.6 Å². The van der Waals surface area contributed by atoms with Crippen molar-refractivity contribution in [2.75, 3.05) is 13.2 Å². The van der Waals surface area contributed by atoms with Crippen LogP contribution in [-0.2, 0) is 6.18 Å². The molecule has 7 heteroatoms. The van der Waals surface area contributed by atoms with E-state index < -0.39 is 17.6 Å². The van der Waals surface area contributed by atoms with E-state index in [2.05, 4.69) is 5.32 Å². The molecule has 2 rings (SSSR count). The van der Waals surface area contributed by atoms with Crippen LogP contribution in [-0.4, -0.2) is 24.2 Å². The largest absolute Gasteiger partial charge is 0.417 e. The van der Waals surface area contributed by atoms with Gasteiger partial charge in [0, 0.05) is 18.0 Å². The highest BCUT2D eigenvalue weighted by Gasteiger charge is 2.34. The molecule has 1 aromatic carbocycles. The van der Waals surface area contributed by atoms with Crippen LogP contribution >= 0.6 is 11.3 Å². The third-order valence-corrected chi connectivity index (χ3v) is 4.71. The second-order valence-corrected chi connectivity index (χ2v) is 6.29. The second-order valence-electron chi connectivity index (χ2n) is 5.31. The van der Waals surface area contributed by atoms with Gasteiger partial charge in [0.05, 0.1) is 11.1 Å². The fourth-order valence-electron chi connectivity index (χ4n) is 2.49. The van der Waals surface area contributed by atoms with E-state index in [1.807, 2.05) is 17.5 Å². The molecule has 0 aliphatic heterocycles. The topological polar surface area (TPSA) is 49.3 Å². The molecule has 1 atom stereocenters. The van der Waals surface area contributed by atoms with E-state index in [9.17, 15) is 18.0 Å². The third kappa shape index (κ3) is 4.82. The molecule has 1 aromatic heterocycles. The average molecular weight is 357 g/mol. The Hall–Kier alpha value is -1.86. The van der Waals surface area contributed by atoms with Gasteiger partial charge in [0.1, 0.15) is 0 Å². The van der Waals surface area contributed by atoms with Crippen molar-refractivity contribution in [3.05, 3.63) is 57.8 Å². The predicted octanol–water partition coefficient (Wildman–Crippen LogP) is 4.05. The Bertz CT molecular complexity index is 656. The minimum absolute atomic E-state index is 0.0213. The summed E-state index contributed by atoms with van der Waals surface area (Å²) in [5, 5.41) is 13.6. The molecule has 0 aliphatic carbocycles. The summed E-state index contributed by atoms with van der Waals surface area (Å²) < 4.78 is 38.8. The zero-order valence-electron chi connectivity index (χ0n) is 12.8. The van der Waals surface area contributed by atoms with Crippen LogP contribution in [0.4, 0.5) is 13.2 Å². The maximum absolute atomic E-state index is 12.9. The maximum Gasteiger partial charge on any atom is 0.417 e. The molecule has 0 bridgehead atoms. The van der Waals surface area contributed by atoms with Gasteiger partial charge in [-0.15, -0.1) is 11.3 Å². The third-order valence-electron chi connectivity index (χ3n) is 3.68. The van der Waals surface area contributed by atoms with Crippen LogP contribution in [0.3, 0.4) is 0 Å². The minimum atomic E-state index is -4.57.